The molecular weight excluding hydrogens is 530 g/mol. The summed E-state index contributed by atoms with van der Waals surface area (Å²) in [5.41, 5.74) is 1.68. The van der Waals surface area contributed by atoms with Gasteiger partial charge in [0.05, 0.1) is 29.8 Å². The zero-order valence-electron chi connectivity index (χ0n) is 22.2. The number of likely N-dealkylation sites (tertiary alicyclic amines) is 1. The van der Waals surface area contributed by atoms with E-state index in [2.05, 4.69) is 37.7 Å². The van der Waals surface area contributed by atoms with Crippen LogP contribution in [0, 0.1) is 6.92 Å². The molecule has 2 fully saturated rings. The number of ether oxygens (including phenoxy) is 2. The number of halogens is 1. The Morgan fingerprint density at radius 2 is 1.79 bits per heavy atom. The molecule has 2 N–H and O–H groups in total. The van der Waals surface area contributed by atoms with Crippen molar-refractivity contribution in [1.29, 1.82) is 0 Å². The average molecular weight is 564 g/mol. The van der Waals surface area contributed by atoms with Crippen LogP contribution in [0.3, 0.4) is 0 Å². The molecule has 0 amide bonds. The second-order valence-corrected chi connectivity index (χ2v) is 13.3. The first-order valence-corrected chi connectivity index (χ1v) is 14.7. The highest BCUT2D eigenvalue weighted by Gasteiger charge is 2.37. The number of hydrogen-bond acceptors (Lipinski definition) is 11. The number of aromatic nitrogens is 2. The number of hydrogen-bond donors (Lipinski definition) is 2. The molecule has 11 nitrogen and oxygen atoms in total. The van der Waals surface area contributed by atoms with E-state index in [9.17, 15) is 8.42 Å². The van der Waals surface area contributed by atoms with E-state index in [1.165, 1.54) is 6.20 Å². The van der Waals surface area contributed by atoms with Crippen LogP contribution >= 0.6 is 11.6 Å². The number of likely N-dealkylation sites (N-methyl/N-ethyl adjacent to an activating group) is 2. The van der Waals surface area contributed by atoms with Gasteiger partial charge in [0, 0.05) is 26.2 Å². The summed E-state index contributed by atoms with van der Waals surface area (Å²) in [6, 6.07) is 3.30. The Morgan fingerprint density at radius 1 is 1.08 bits per heavy atom. The number of aryl methyl sites for hydroxylation is 1. The van der Waals surface area contributed by atoms with Crippen LogP contribution in [0.1, 0.15) is 32.3 Å². The maximum atomic E-state index is 12.9. The minimum absolute atomic E-state index is 0.0724. The van der Waals surface area contributed by atoms with Crippen LogP contribution in [-0.2, 0) is 9.84 Å². The molecule has 0 radical (unpaired) electrons. The Labute approximate surface area is 228 Å². The second-order valence-electron chi connectivity index (χ2n) is 10.5. The van der Waals surface area contributed by atoms with Gasteiger partial charge in [-0.25, -0.2) is 13.4 Å². The van der Waals surface area contributed by atoms with Crippen molar-refractivity contribution in [2.24, 2.45) is 5.10 Å². The lowest BCUT2D eigenvalue weighted by Gasteiger charge is -2.36. The zero-order valence-corrected chi connectivity index (χ0v) is 23.8. The Hall–Kier alpha value is -2.83. The van der Waals surface area contributed by atoms with E-state index < -0.39 is 21.1 Å². The molecule has 1 saturated heterocycles. The third kappa shape index (κ3) is 5.76. The molecule has 0 bridgehead atoms. The number of nitrogens with zero attached hydrogens (tertiary/aromatic N) is 5. The number of rotatable bonds is 9. The molecule has 3 aliphatic rings. The first-order valence-electron chi connectivity index (χ1n) is 12.8. The molecule has 1 aliphatic carbocycles. The standard InChI is InChI=1S/C25H34ClN7O4S/c1-14(2)38(34,35)24-20(13-33(5)31-24)28-23-18(26)10-27-25(30-23)29-19-8-15(3)21(37-17-11-32(4)12-17)9-22(19)36-16-6-7-16/h8-10,14,16-17,20H,6-7,11-13H2,1-5H3,(H2,27,28,29,30). The Morgan fingerprint density at radius 3 is 2.45 bits per heavy atom. The van der Waals surface area contributed by atoms with E-state index in [-0.39, 0.29) is 22.3 Å². The average Bonchev–Trinajstić information content (AvgIpc) is 3.57. The van der Waals surface area contributed by atoms with Crippen molar-refractivity contribution in [3.8, 4) is 11.5 Å². The lowest BCUT2D eigenvalue weighted by molar-refractivity contribution is 0.0382. The molecule has 13 heteroatoms. The molecule has 5 rings (SSSR count). The molecule has 1 aromatic carbocycles. The zero-order chi connectivity index (χ0) is 27.2. The highest BCUT2D eigenvalue weighted by Crippen LogP contribution is 2.39. The fourth-order valence-electron chi connectivity index (χ4n) is 4.29. The second kappa shape index (κ2) is 10.4. The van der Waals surface area contributed by atoms with Gasteiger partial charge in [0.1, 0.15) is 28.7 Å². The number of nitrogens with one attached hydrogen (secondary N) is 2. The first kappa shape index (κ1) is 26.8. The van der Waals surface area contributed by atoms with Crippen LogP contribution < -0.4 is 20.1 Å². The van der Waals surface area contributed by atoms with Gasteiger partial charge in [-0.05, 0) is 52.3 Å². The van der Waals surface area contributed by atoms with Crippen LogP contribution in [0.5, 0.6) is 11.5 Å². The molecule has 1 atom stereocenters. The van der Waals surface area contributed by atoms with Crippen molar-refractivity contribution >= 4 is 43.9 Å². The van der Waals surface area contributed by atoms with Crippen LogP contribution in [0.25, 0.3) is 0 Å². The first-order chi connectivity index (χ1) is 18.0. The summed E-state index contributed by atoms with van der Waals surface area (Å²) < 4.78 is 38.1. The van der Waals surface area contributed by atoms with E-state index >= 15 is 0 Å². The van der Waals surface area contributed by atoms with E-state index in [1.54, 1.807) is 25.9 Å². The van der Waals surface area contributed by atoms with Gasteiger partial charge >= 0.3 is 0 Å². The fourth-order valence-corrected chi connectivity index (χ4v) is 5.70. The van der Waals surface area contributed by atoms with Crippen LogP contribution in [0.4, 0.5) is 17.5 Å². The molecule has 0 spiro atoms. The maximum absolute atomic E-state index is 12.9. The summed E-state index contributed by atoms with van der Waals surface area (Å²) >= 11 is 6.41. The lowest BCUT2D eigenvalue weighted by atomic mass is 10.1. The lowest BCUT2D eigenvalue weighted by Crippen LogP contribution is -2.51. The largest absolute Gasteiger partial charge is 0.488 e. The summed E-state index contributed by atoms with van der Waals surface area (Å²) in [5.74, 6) is 2.07. The third-order valence-electron chi connectivity index (χ3n) is 6.65. The Bertz CT molecular complexity index is 1340. The topological polar surface area (TPSA) is 121 Å². The van der Waals surface area contributed by atoms with Gasteiger partial charge in [-0.1, -0.05) is 11.6 Å². The van der Waals surface area contributed by atoms with Gasteiger partial charge in [-0.15, -0.1) is 0 Å². The van der Waals surface area contributed by atoms with Crippen LogP contribution in [-0.4, -0.2) is 90.6 Å². The molecule has 38 heavy (non-hydrogen) atoms. The Balaban J connectivity index is 1.38. The highest BCUT2D eigenvalue weighted by atomic mass is 35.5. The van der Waals surface area contributed by atoms with Gasteiger partial charge in [-0.3, -0.25) is 9.91 Å². The summed E-state index contributed by atoms with van der Waals surface area (Å²) in [6.45, 7) is 7.42. The van der Waals surface area contributed by atoms with Gasteiger partial charge < -0.3 is 20.1 Å². The predicted molar refractivity (Wildman–Crippen MR) is 149 cm³/mol. The number of anilines is 3. The smallest absolute Gasteiger partial charge is 0.229 e. The summed E-state index contributed by atoms with van der Waals surface area (Å²) in [6.07, 6.45) is 3.86. The van der Waals surface area contributed by atoms with Gasteiger partial charge in [-0.2, -0.15) is 10.1 Å². The maximum Gasteiger partial charge on any atom is 0.229 e. The van der Waals surface area contributed by atoms with Crippen LogP contribution in [0.2, 0.25) is 5.02 Å². The van der Waals surface area contributed by atoms with E-state index in [0.717, 1.165) is 37.2 Å². The van der Waals surface area contributed by atoms with Gasteiger partial charge in [0.2, 0.25) is 5.95 Å². The fraction of sp³-hybridized carbons (Fsp3) is 0.560. The predicted octanol–water partition coefficient (Wildman–Crippen LogP) is 3.28. The molecule has 3 heterocycles. The van der Waals surface area contributed by atoms with Crippen molar-refractivity contribution in [3.63, 3.8) is 0 Å². The molecule has 1 aromatic heterocycles. The van der Waals surface area contributed by atoms with Gasteiger partial charge in [0.15, 0.2) is 20.7 Å². The summed E-state index contributed by atoms with van der Waals surface area (Å²) in [4.78, 5) is 11.1. The van der Waals surface area contributed by atoms with Crippen molar-refractivity contribution in [2.45, 2.75) is 57.1 Å². The van der Waals surface area contributed by atoms with E-state index in [0.29, 0.717) is 29.7 Å². The number of hydrazone groups is 1. The SMILES string of the molecule is Cc1cc(Nc2ncc(Cl)c(NC3CN(C)N=C3S(=O)(=O)C(C)C)n2)c(OC2CC2)cc1OC1CN(C)C1. The Kier molecular flexibility index (Phi) is 7.31. The third-order valence-corrected chi connectivity index (χ3v) is 9.11. The number of sulfone groups is 1. The molecule has 1 unspecified atom stereocenters. The van der Waals surface area contributed by atoms with Crippen molar-refractivity contribution < 1.29 is 17.9 Å². The molecule has 206 valence electrons. The molecule has 1 saturated carbocycles. The summed E-state index contributed by atoms with van der Waals surface area (Å²) in [5, 5.41) is 12.0. The normalized spacial score (nSPS) is 20.3. The molecular formula is C25H34ClN7O4S. The van der Waals surface area contributed by atoms with Gasteiger partial charge in [0.25, 0.3) is 0 Å². The van der Waals surface area contributed by atoms with E-state index in [4.69, 9.17) is 21.1 Å². The van der Waals surface area contributed by atoms with Crippen LogP contribution in [0.15, 0.2) is 23.4 Å². The number of benzene rings is 1. The summed E-state index contributed by atoms with van der Waals surface area (Å²) in [7, 11) is 0.229. The quantitative estimate of drug-likeness (QED) is 0.470. The minimum atomic E-state index is -3.57. The minimum Gasteiger partial charge on any atom is -0.488 e. The molecule has 2 aromatic rings. The highest BCUT2D eigenvalue weighted by molar-refractivity contribution is 8.07. The van der Waals surface area contributed by atoms with Crippen molar-refractivity contribution in [3.05, 3.63) is 28.9 Å². The van der Waals surface area contributed by atoms with E-state index in [1.807, 2.05) is 19.1 Å². The monoisotopic (exact) mass is 563 g/mol. The van der Waals surface area contributed by atoms with Crippen molar-refractivity contribution in [1.82, 2.24) is 19.9 Å². The van der Waals surface area contributed by atoms with Crippen molar-refractivity contribution in [2.75, 3.05) is 44.4 Å². The molecule has 2 aliphatic heterocycles.